The van der Waals surface area contributed by atoms with Gasteiger partial charge >= 0.3 is 0 Å². The molecule has 4 rings (SSSR count). The predicted molar refractivity (Wildman–Crippen MR) is 122 cm³/mol. The number of methoxy groups -OCH3 is 1. The van der Waals surface area contributed by atoms with Gasteiger partial charge in [0, 0.05) is 21.7 Å². The average molecular weight is 451 g/mol. The van der Waals surface area contributed by atoms with Gasteiger partial charge in [0.25, 0.3) is 5.91 Å². The Morgan fingerprint density at radius 1 is 1.03 bits per heavy atom. The molecule has 164 valence electrons. The fourth-order valence-electron chi connectivity index (χ4n) is 3.59. The quantitative estimate of drug-likeness (QED) is 0.530. The predicted octanol–water partition coefficient (Wildman–Crippen LogP) is 3.56. The van der Waals surface area contributed by atoms with Crippen LogP contribution in [0, 0.1) is 0 Å². The minimum atomic E-state index is -0.522. The van der Waals surface area contributed by atoms with Crippen LogP contribution in [0.15, 0.2) is 48.5 Å². The zero-order valence-corrected chi connectivity index (χ0v) is 18.2. The van der Waals surface area contributed by atoms with Crippen molar-refractivity contribution in [2.24, 2.45) is 5.73 Å². The van der Waals surface area contributed by atoms with E-state index in [1.807, 2.05) is 0 Å². The maximum absolute atomic E-state index is 12.9. The first kappa shape index (κ1) is 21.5. The van der Waals surface area contributed by atoms with Gasteiger partial charge in [-0.3, -0.25) is 19.7 Å². The Morgan fingerprint density at radius 3 is 2.38 bits per heavy atom. The maximum atomic E-state index is 12.9. The largest absolute Gasteiger partial charge is 0.497 e. The van der Waals surface area contributed by atoms with Gasteiger partial charge < -0.3 is 15.8 Å². The second-order valence-corrected chi connectivity index (χ2v) is 8.47. The molecule has 0 aliphatic heterocycles. The molecule has 0 spiro atoms. The van der Waals surface area contributed by atoms with Crippen LogP contribution in [-0.2, 0) is 11.2 Å². The Labute approximate surface area is 188 Å². The lowest BCUT2D eigenvalue weighted by Gasteiger charge is -2.20. The highest BCUT2D eigenvalue weighted by atomic mass is 32.1. The fourth-order valence-corrected chi connectivity index (χ4v) is 4.65. The zero-order chi connectivity index (χ0) is 22.7. The number of benzene rings is 2. The van der Waals surface area contributed by atoms with Crippen molar-refractivity contribution in [1.29, 1.82) is 0 Å². The van der Waals surface area contributed by atoms with E-state index in [1.54, 1.807) is 55.6 Å². The number of ether oxygens (including phenoxy) is 1. The zero-order valence-electron chi connectivity index (χ0n) is 17.4. The minimum Gasteiger partial charge on any atom is -0.497 e. The van der Waals surface area contributed by atoms with E-state index < -0.39 is 11.8 Å². The van der Waals surface area contributed by atoms with Gasteiger partial charge in [-0.25, -0.2) is 4.98 Å². The van der Waals surface area contributed by atoms with Gasteiger partial charge in [0.15, 0.2) is 5.13 Å². The second-order valence-electron chi connectivity index (χ2n) is 7.39. The molecule has 4 N–H and O–H groups in total. The van der Waals surface area contributed by atoms with E-state index in [0.29, 0.717) is 39.8 Å². The van der Waals surface area contributed by atoms with Crippen LogP contribution < -0.4 is 21.1 Å². The number of nitrogens with one attached hydrogen (secondary N) is 2. The number of primary amides is 1. The van der Waals surface area contributed by atoms with Crippen molar-refractivity contribution in [2.75, 3.05) is 17.7 Å². The highest BCUT2D eigenvalue weighted by Crippen LogP contribution is 2.37. The average Bonchev–Trinajstić information content (AvgIpc) is 3.21. The van der Waals surface area contributed by atoms with Crippen LogP contribution in [0.2, 0.25) is 0 Å². The molecule has 9 heteroatoms. The summed E-state index contributed by atoms with van der Waals surface area (Å²) in [7, 11) is 1.57. The number of hydrogen-bond donors (Lipinski definition) is 3. The molecular formula is C23H22N4O4S. The molecule has 0 saturated heterocycles. The summed E-state index contributed by atoms with van der Waals surface area (Å²) < 4.78 is 5.11. The molecule has 1 aliphatic rings. The lowest BCUT2D eigenvalue weighted by atomic mass is 9.90. The van der Waals surface area contributed by atoms with Gasteiger partial charge in [0.1, 0.15) is 5.75 Å². The van der Waals surface area contributed by atoms with Crippen molar-refractivity contribution in [3.63, 3.8) is 0 Å². The summed E-state index contributed by atoms with van der Waals surface area (Å²) in [6, 6.07) is 13.2. The molecule has 1 atom stereocenters. The molecule has 2 aromatic carbocycles. The summed E-state index contributed by atoms with van der Waals surface area (Å²) in [6.45, 7) is 0. The molecule has 0 fully saturated rings. The number of nitrogens with two attached hydrogens (primary N) is 1. The van der Waals surface area contributed by atoms with Crippen LogP contribution >= 0.6 is 11.3 Å². The topological polar surface area (TPSA) is 123 Å². The smallest absolute Gasteiger partial charge is 0.257 e. The molecule has 1 aliphatic carbocycles. The lowest BCUT2D eigenvalue weighted by Crippen LogP contribution is -2.24. The summed E-state index contributed by atoms with van der Waals surface area (Å²) >= 11 is 1.40. The van der Waals surface area contributed by atoms with E-state index >= 15 is 0 Å². The third-order valence-electron chi connectivity index (χ3n) is 5.28. The highest BCUT2D eigenvalue weighted by molar-refractivity contribution is 7.16. The van der Waals surface area contributed by atoms with Crippen molar-refractivity contribution < 1.29 is 19.1 Å². The summed E-state index contributed by atoms with van der Waals surface area (Å²) in [5.74, 6) is -0.696. The van der Waals surface area contributed by atoms with Gasteiger partial charge in [-0.15, -0.1) is 11.3 Å². The molecule has 1 heterocycles. The van der Waals surface area contributed by atoms with E-state index in [2.05, 4.69) is 15.6 Å². The molecule has 0 bridgehead atoms. The third-order valence-corrected chi connectivity index (χ3v) is 6.33. The number of aryl methyl sites for hydroxylation is 1. The normalized spacial score (nSPS) is 14.8. The minimum absolute atomic E-state index is 0.170. The van der Waals surface area contributed by atoms with Crippen LogP contribution in [0.1, 0.15) is 50.0 Å². The van der Waals surface area contributed by atoms with Gasteiger partial charge in [0.05, 0.1) is 18.7 Å². The van der Waals surface area contributed by atoms with Crippen molar-refractivity contribution in [1.82, 2.24) is 4.98 Å². The van der Waals surface area contributed by atoms with Crippen molar-refractivity contribution in [3.8, 4) is 5.75 Å². The van der Waals surface area contributed by atoms with Crippen LogP contribution in [0.4, 0.5) is 10.8 Å². The Kier molecular flexibility index (Phi) is 6.18. The monoisotopic (exact) mass is 450 g/mol. The molecule has 3 aromatic rings. The standard InChI is InChI=1S/C23H22N4O4S/c1-31-16-11-7-14(8-12-16)21(29)27-23-26-19-17(3-2-4-18(19)32-23)22(30)25-15-9-5-13(6-10-15)20(24)28/h5-12,17H,2-4H2,1H3,(H2,24,28)(H,25,30)(H,26,27,29). The maximum Gasteiger partial charge on any atom is 0.257 e. The number of rotatable bonds is 6. The molecule has 0 saturated carbocycles. The highest BCUT2D eigenvalue weighted by Gasteiger charge is 2.30. The third kappa shape index (κ3) is 4.62. The van der Waals surface area contributed by atoms with Crippen LogP contribution in [0.25, 0.3) is 0 Å². The summed E-state index contributed by atoms with van der Waals surface area (Å²) in [5, 5.41) is 6.18. The van der Waals surface area contributed by atoms with Gasteiger partial charge in [-0.1, -0.05) is 0 Å². The summed E-state index contributed by atoms with van der Waals surface area (Å²) in [4.78, 5) is 42.3. The van der Waals surface area contributed by atoms with E-state index in [4.69, 9.17) is 10.5 Å². The molecule has 3 amide bonds. The van der Waals surface area contributed by atoms with E-state index in [0.717, 1.165) is 17.7 Å². The van der Waals surface area contributed by atoms with E-state index in [9.17, 15) is 14.4 Å². The summed E-state index contributed by atoms with van der Waals surface area (Å²) in [5.41, 5.74) is 7.41. The molecule has 8 nitrogen and oxygen atoms in total. The molecule has 32 heavy (non-hydrogen) atoms. The number of carbonyl (C=O) groups is 3. The number of fused-ring (bicyclic) bond motifs is 1. The number of thiazole rings is 1. The van der Waals surface area contributed by atoms with Gasteiger partial charge in [0.2, 0.25) is 11.8 Å². The Morgan fingerprint density at radius 2 is 1.72 bits per heavy atom. The number of aromatic nitrogens is 1. The Bertz CT molecular complexity index is 1160. The first-order valence-electron chi connectivity index (χ1n) is 10.1. The van der Waals surface area contributed by atoms with Gasteiger partial charge in [-0.05, 0) is 67.8 Å². The molecule has 1 aromatic heterocycles. The van der Waals surface area contributed by atoms with Crippen LogP contribution in [-0.4, -0.2) is 29.8 Å². The second kappa shape index (κ2) is 9.19. The van der Waals surface area contributed by atoms with Crippen LogP contribution in [0.5, 0.6) is 5.75 Å². The molecular weight excluding hydrogens is 428 g/mol. The SMILES string of the molecule is COc1ccc(C(=O)Nc2nc3c(s2)CCCC3C(=O)Nc2ccc(C(N)=O)cc2)cc1. The first-order chi connectivity index (χ1) is 15.4. The number of nitrogens with zero attached hydrogens (tertiary/aromatic N) is 1. The van der Waals surface area contributed by atoms with E-state index in [1.165, 1.54) is 11.3 Å². The number of anilines is 2. The molecule has 0 radical (unpaired) electrons. The number of carbonyl (C=O) groups excluding carboxylic acids is 3. The molecule has 1 unspecified atom stereocenters. The van der Waals surface area contributed by atoms with Crippen molar-refractivity contribution in [3.05, 3.63) is 70.2 Å². The lowest BCUT2D eigenvalue weighted by molar-refractivity contribution is -0.117. The number of hydrogen-bond acceptors (Lipinski definition) is 6. The summed E-state index contributed by atoms with van der Waals surface area (Å²) in [6.07, 6.45) is 2.36. The Balaban J connectivity index is 1.47. The first-order valence-corrected chi connectivity index (χ1v) is 10.9. The van der Waals surface area contributed by atoms with Gasteiger partial charge in [-0.2, -0.15) is 0 Å². The van der Waals surface area contributed by atoms with E-state index in [-0.39, 0.29) is 11.8 Å². The van der Waals surface area contributed by atoms with Crippen molar-refractivity contribution >= 4 is 39.9 Å². The van der Waals surface area contributed by atoms with Crippen LogP contribution in [0.3, 0.4) is 0 Å². The fraction of sp³-hybridized carbons (Fsp3) is 0.217. The number of amides is 3. The van der Waals surface area contributed by atoms with Crippen molar-refractivity contribution in [2.45, 2.75) is 25.2 Å². The Hall–Kier alpha value is -3.72.